The Morgan fingerprint density at radius 3 is 2.64 bits per heavy atom. The van der Waals surface area contributed by atoms with Crippen LogP contribution in [-0.2, 0) is 16.1 Å². The third-order valence-electron chi connectivity index (χ3n) is 4.10. The Labute approximate surface area is 146 Å². The average molecular weight is 345 g/mol. The summed E-state index contributed by atoms with van der Waals surface area (Å²) in [5.41, 5.74) is 9.17. The number of alkyl carbamates (subject to hydrolysis) is 1. The van der Waals surface area contributed by atoms with Crippen molar-refractivity contribution in [2.75, 3.05) is 6.54 Å². The Morgan fingerprint density at radius 2 is 2.04 bits per heavy atom. The van der Waals surface area contributed by atoms with Crippen molar-refractivity contribution in [2.45, 2.75) is 51.4 Å². The number of carbonyl (C=O) groups is 2. The van der Waals surface area contributed by atoms with Gasteiger partial charge in [0.1, 0.15) is 6.61 Å². The fraction of sp³-hybridized carbons (Fsp3) is 0.529. The van der Waals surface area contributed by atoms with Crippen LogP contribution in [0.1, 0.15) is 32.8 Å². The molecule has 1 aromatic carbocycles. The Kier molecular flexibility index (Phi) is 6.01. The van der Waals surface area contributed by atoms with Crippen molar-refractivity contribution in [3.8, 4) is 0 Å². The van der Waals surface area contributed by atoms with Gasteiger partial charge in [0.05, 0.1) is 12.1 Å². The Bertz CT molecular complexity index is 665. The van der Waals surface area contributed by atoms with Crippen LogP contribution < -0.4 is 5.32 Å². The molecule has 8 nitrogen and oxygen atoms in total. The van der Waals surface area contributed by atoms with E-state index in [0.29, 0.717) is 13.0 Å². The highest BCUT2D eigenvalue weighted by Crippen LogP contribution is 2.28. The highest BCUT2D eigenvalue weighted by atomic mass is 16.5. The summed E-state index contributed by atoms with van der Waals surface area (Å²) in [5.74, 6) is -0.441. The molecular weight excluding hydrogens is 322 g/mol. The minimum absolute atomic E-state index is 0.0922. The fourth-order valence-corrected chi connectivity index (χ4v) is 2.90. The maximum Gasteiger partial charge on any atom is 0.414 e. The Morgan fingerprint density at radius 1 is 1.36 bits per heavy atom. The summed E-state index contributed by atoms with van der Waals surface area (Å²) in [4.78, 5) is 29.1. The standard InChI is InChI=1S/C17H23N5O3/c1-17(2,3)22-10-13(20-21-18)9-14(22)15(23)19-16(24)25-11-12-7-5-4-6-8-12/h4-8,13-14H,9-11H2,1-3H3,(H,19,23,24)/t13-,14+/m1/s1. The summed E-state index contributed by atoms with van der Waals surface area (Å²) in [6, 6.07) is 8.39. The topological polar surface area (TPSA) is 107 Å². The van der Waals surface area contributed by atoms with E-state index in [1.165, 1.54) is 0 Å². The van der Waals surface area contributed by atoms with Gasteiger partial charge in [-0.05, 0) is 38.3 Å². The van der Waals surface area contributed by atoms with Crippen molar-refractivity contribution in [1.29, 1.82) is 0 Å². The molecule has 1 saturated heterocycles. The lowest BCUT2D eigenvalue weighted by Gasteiger charge is -2.36. The number of imide groups is 1. The van der Waals surface area contributed by atoms with Gasteiger partial charge in [-0.1, -0.05) is 35.4 Å². The highest BCUT2D eigenvalue weighted by Gasteiger charge is 2.42. The molecule has 1 heterocycles. The number of hydrogen-bond donors (Lipinski definition) is 1. The molecule has 2 amide bonds. The summed E-state index contributed by atoms with van der Waals surface area (Å²) >= 11 is 0. The van der Waals surface area contributed by atoms with Crippen molar-refractivity contribution in [2.24, 2.45) is 5.11 Å². The zero-order chi connectivity index (χ0) is 18.4. The van der Waals surface area contributed by atoms with Gasteiger partial charge >= 0.3 is 6.09 Å². The number of likely N-dealkylation sites (tertiary alicyclic amines) is 1. The molecule has 1 aliphatic heterocycles. The van der Waals surface area contributed by atoms with Crippen LogP contribution in [0.25, 0.3) is 10.4 Å². The zero-order valence-corrected chi connectivity index (χ0v) is 14.7. The van der Waals surface area contributed by atoms with Crippen LogP contribution in [0.5, 0.6) is 0 Å². The van der Waals surface area contributed by atoms with E-state index in [4.69, 9.17) is 10.3 Å². The average Bonchev–Trinajstić information content (AvgIpc) is 2.99. The molecule has 0 aromatic heterocycles. The predicted octanol–water partition coefficient (Wildman–Crippen LogP) is 2.99. The van der Waals surface area contributed by atoms with Gasteiger partial charge in [0.15, 0.2) is 0 Å². The monoisotopic (exact) mass is 345 g/mol. The quantitative estimate of drug-likeness (QED) is 0.514. The van der Waals surface area contributed by atoms with Gasteiger partial charge in [-0.2, -0.15) is 0 Å². The molecular formula is C17H23N5O3. The van der Waals surface area contributed by atoms with Crippen LogP contribution in [0.2, 0.25) is 0 Å². The van der Waals surface area contributed by atoms with Crippen LogP contribution in [0.3, 0.4) is 0 Å². The van der Waals surface area contributed by atoms with Crippen molar-refractivity contribution < 1.29 is 14.3 Å². The molecule has 25 heavy (non-hydrogen) atoms. The Balaban J connectivity index is 1.95. The molecule has 0 aliphatic carbocycles. The second-order valence-corrected chi connectivity index (χ2v) is 6.98. The molecule has 0 radical (unpaired) electrons. The van der Waals surface area contributed by atoms with Gasteiger partial charge in [-0.3, -0.25) is 15.0 Å². The first-order chi connectivity index (χ1) is 11.8. The van der Waals surface area contributed by atoms with E-state index < -0.39 is 18.0 Å². The van der Waals surface area contributed by atoms with Gasteiger partial charge in [0, 0.05) is 17.0 Å². The number of nitrogens with zero attached hydrogens (tertiary/aromatic N) is 4. The largest absolute Gasteiger partial charge is 0.444 e. The smallest absolute Gasteiger partial charge is 0.414 e. The van der Waals surface area contributed by atoms with Crippen molar-refractivity contribution in [3.05, 3.63) is 46.3 Å². The molecule has 0 bridgehead atoms. The molecule has 0 spiro atoms. The van der Waals surface area contributed by atoms with Gasteiger partial charge in [0.2, 0.25) is 5.91 Å². The lowest BCUT2D eigenvalue weighted by atomic mass is 10.0. The van der Waals surface area contributed by atoms with Crippen LogP contribution in [0.15, 0.2) is 35.4 Å². The van der Waals surface area contributed by atoms with Gasteiger partial charge in [-0.15, -0.1) is 0 Å². The van der Waals surface area contributed by atoms with Crippen molar-refractivity contribution in [1.82, 2.24) is 10.2 Å². The number of amides is 2. The number of carbonyl (C=O) groups excluding carboxylic acids is 2. The number of azide groups is 1. The van der Waals surface area contributed by atoms with Crippen LogP contribution in [0.4, 0.5) is 4.79 Å². The molecule has 1 aromatic rings. The zero-order valence-electron chi connectivity index (χ0n) is 14.7. The van der Waals surface area contributed by atoms with Gasteiger partial charge in [0.25, 0.3) is 0 Å². The first-order valence-corrected chi connectivity index (χ1v) is 8.13. The molecule has 0 unspecified atom stereocenters. The van der Waals surface area contributed by atoms with Crippen LogP contribution in [-0.4, -0.2) is 41.1 Å². The minimum atomic E-state index is -0.782. The summed E-state index contributed by atoms with van der Waals surface area (Å²) < 4.78 is 5.08. The van der Waals surface area contributed by atoms with E-state index in [1.807, 2.05) is 56.0 Å². The van der Waals surface area contributed by atoms with E-state index in [1.54, 1.807) is 0 Å². The second kappa shape index (κ2) is 8.00. The molecule has 134 valence electrons. The molecule has 1 N–H and O–H groups in total. The maximum atomic E-state index is 12.5. The predicted molar refractivity (Wildman–Crippen MR) is 92.6 cm³/mol. The number of nitrogens with one attached hydrogen (secondary N) is 1. The maximum absolute atomic E-state index is 12.5. The lowest BCUT2D eigenvalue weighted by Crippen LogP contribution is -2.52. The normalized spacial score (nSPS) is 20.6. The van der Waals surface area contributed by atoms with E-state index >= 15 is 0 Å². The van der Waals surface area contributed by atoms with E-state index in [0.717, 1.165) is 5.56 Å². The molecule has 2 rings (SSSR count). The van der Waals surface area contributed by atoms with E-state index in [2.05, 4.69) is 15.3 Å². The highest BCUT2D eigenvalue weighted by molar-refractivity contribution is 5.95. The number of ether oxygens (including phenoxy) is 1. The first kappa shape index (κ1) is 18.8. The molecule has 0 saturated carbocycles. The number of hydrogen-bond acceptors (Lipinski definition) is 5. The van der Waals surface area contributed by atoms with E-state index in [9.17, 15) is 9.59 Å². The summed E-state index contributed by atoms with van der Waals surface area (Å²) in [6.07, 6.45) is -0.408. The van der Waals surface area contributed by atoms with Crippen molar-refractivity contribution in [3.63, 3.8) is 0 Å². The Hall–Kier alpha value is -2.57. The molecule has 8 heteroatoms. The third kappa shape index (κ3) is 5.20. The van der Waals surface area contributed by atoms with E-state index in [-0.39, 0.29) is 18.2 Å². The molecule has 1 fully saturated rings. The summed E-state index contributed by atoms with van der Waals surface area (Å²) in [7, 11) is 0. The second-order valence-electron chi connectivity index (χ2n) is 6.98. The van der Waals surface area contributed by atoms with Gasteiger partial charge in [-0.25, -0.2) is 4.79 Å². The minimum Gasteiger partial charge on any atom is -0.444 e. The van der Waals surface area contributed by atoms with Crippen molar-refractivity contribution >= 4 is 12.0 Å². The number of benzene rings is 1. The van der Waals surface area contributed by atoms with Crippen LogP contribution in [0, 0.1) is 0 Å². The summed E-state index contributed by atoms with van der Waals surface area (Å²) in [5, 5.41) is 6.00. The SMILES string of the molecule is CC(C)(C)N1C[C@H](N=[N+]=[N-])C[C@H]1C(=O)NC(=O)OCc1ccccc1. The molecule has 2 atom stereocenters. The first-order valence-electron chi connectivity index (χ1n) is 8.13. The van der Waals surface area contributed by atoms with Gasteiger partial charge < -0.3 is 4.74 Å². The summed E-state index contributed by atoms with van der Waals surface area (Å²) in [6.45, 7) is 6.48. The molecule has 1 aliphatic rings. The third-order valence-corrected chi connectivity index (χ3v) is 4.10. The fourth-order valence-electron chi connectivity index (χ4n) is 2.90. The lowest BCUT2D eigenvalue weighted by molar-refractivity contribution is -0.126. The number of rotatable bonds is 4. The van der Waals surface area contributed by atoms with Crippen LogP contribution >= 0.6 is 0 Å².